The monoisotopic (exact) mass is 434 g/mol. The molecule has 1 aliphatic rings. The minimum Gasteiger partial charge on any atom is -0.290 e. The van der Waals surface area contributed by atoms with E-state index in [1.54, 1.807) is 0 Å². The van der Waals surface area contributed by atoms with Gasteiger partial charge in [0.1, 0.15) is 16.5 Å². The maximum Gasteiger partial charge on any atom is 0.243 e. The van der Waals surface area contributed by atoms with Gasteiger partial charge in [-0.2, -0.15) is 11.3 Å². The average Bonchev–Trinajstić information content (AvgIpc) is 3.24. The summed E-state index contributed by atoms with van der Waals surface area (Å²) < 4.78 is 55.2. The molecule has 0 amide bonds. The van der Waals surface area contributed by atoms with E-state index in [9.17, 15) is 17.2 Å². The molecule has 1 N–H and O–H groups in total. The van der Waals surface area contributed by atoms with Crippen LogP contribution >= 0.6 is 11.3 Å². The summed E-state index contributed by atoms with van der Waals surface area (Å²) in [5.41, 5.74) is 3.52. The minimum absolute atomic E-state index is 0.0667. The van der Waals surface area contributed by atoms with E-state index < -0.39 is 26.6 Å². The molecular formula is C21H20F2N2O2S2. The Morgan fingerprint density at radius 1 is 1.10 bits per heavy atom. The number of halogens is 2. The number of thiophene rings is 1. The molecule has 0 bridgehead atoms. The Kier molecular flexibility index (Phi) is 5.78. The first kappa shape index (κ1) is 20.2. The molecule has 29 heavy (non-hydrogen) atoms. The molecule has 0 spiro atoms. The molecule has 0 radical (unpaired) electrons. The van der Waals surface area contributed by atoms with Gasteiger partial charge in [0.2, 0.25) is 10.0 Å². The Hall–Kier alpha value is -2.13. The molecule has 0 saturated heterocycles. The Labute approximate surface area is 172 Å². The van der Waals surface area contributed by atoms with E-state index in [2.05, 4.69) is 21.8 Å². The zero-order valence-corrected chi connectivity index (χ0v) is 17.1. The molecule has 1 unspecified atom stereocenters. The van der Waals surface area contributed by atoms with Gasteiger partial charge in [0.25, 0.3) is 0 Å². The quantitative estimate of drug-likeness (QED) is 0.635. The third-order valence-corrected chi connectivity index (χ3v) is 7.32. The third-order valence-electron chi connectivity index (χ3n) is 5.18. The minimum atomic E-state index is -4.19. The van der Waals surface area contributed by atoms with Gasteiger partial charge in [-0.15, -0.1) is 0 Å². The fraction of sp³-hybridized carbons (Fsp3) is 0.238. The Morgan fingerprint density at radius 2 is 1.90 bits per heavy atom. The van der Waals surface area contributed by atoms with Gasteiger partial charge in [0.15, 0.2) is 0 Å². The van der Waals surface area contributed by atoms with E-state index in [-0.39, 0.29) is 12.6 Å². The van der Waals surface area contributed by atoms with E-state index in [0.29, 0.717) is 12.6 Å². The average molecular weight is 435 g/mol. The number of nitrogens with zero attached hydrogens (tertiary/aromatic N) is 1. The van der Waals surface area contributed by atoms with Crippen molar-refractivity contribution in [3.05, 3.63) is 87.6 Å². The number of fused-ring (bicyclic) bond motifs is 1. The van der Waals surface area contributed by atoms with E-state index in [4.69, 9.17) is 0 Å². The van der Waals surface area contributed by atoms with E-state index in [1.165, 1.54) is 22.5 Å². The Bertz CT molecular complexity index is 1100. The molecule has 8 heteroatoms. The molecule has 0 aliphatic carbocycles. The number of hydrogen-bond donors (Lipinski definition) is 1. The second-order valence-electron chi connectivity index (χ2n) is 6.99. The van der Waals surface area contributed by atoms with Crippen molar-refractivity contribution in [1.29, 1.82) is 0 Å². The van der Waals surface area contributed by atoms with Crippen LogP contribution in [0.2, 0.25) is 0 Å². The van der Waals surface area contributed by atoms with Crippen molar-refractivity contribution < 1.29 is 17.2 Å². The Morgan fingerprint density at radius 3 is 2.66 bits per heavy atom. The number of sulfonamides is 1. The van der Waals surface area contributed by atoms with Gasteiger partial charge in [-0.1, -0.05) is 24.3 Å². The van der Waals surface area contributed by atoms with Crippen molar-refractivity contribution >= 4 is 21.4 Å². The SMILES string of the molecule is O=S(=O)(NCC(c1ccsc1)N1CCc2ccccc2C1)c1cc(F)ccc1F. The van der Waals surface area contributed by atoms with Gasteiger partial charge < -0.3 is 0 Å². The molecule has 152 valence electrons. The Balaban J connectivity index is 1.57. The zero-order chi connectivity index (χ0) is 20.4. The van der Waals surface area contributed by atoms with Gasteiger partial charge in [-0.3, -0.25) is 4.90 Å². The lowest BCUT2D eigenvalue weighted by atomic mass is 9.97. The lowest BCUT2D eigenvalue weighted by molar-refractivity contribution is 0.180. The lowest BCUT2D eigenvalue weighted by Gasteiger charge is -2.35. The molecule has 4 rings (SSSR count). The van der Waals surface area contributed by atoms with Crippen LogP contribution in [0.5, 0.6) is 0 Å². The molecule has 1 aliphatic heterocycles. The topological polar surface area (TPSA) is 49.4 Å². The van der Waals surface area contributed by atoms with Gasteiger partial charge in [0, 0.05) is 25.7 Å². The molecular weight excluding hydrogens is 414 g/mol. The summed E-state index contributed by atoms with van der Waals surface area (Å²) in [4.78, 5) is 1.54. The molecule has 1 atom stereocenters. The van der Waals surface area contributed by atoms with E-state index in [0.717, 1.165) is 30.7 Å². The van der Waals surface area contributed by atoms with Crippen LogP contribution in [-0.2, 0) is 23.0 Å². The molecule has 4 nitrogen and oxygen atoms in total. The highest BCUT2D eigenvalue weighted by molar-refractivity contribution is 7.89. The summed E-state index contributed by atoms with van der Waals surface area (Å²) in [6, 6.07) is 12.4. The molecule has 0 fully saturated rings. The molecule has 0 saturated carbocycles. The number of rotatable bonds is 6. The molecule has 2 aromatic carbocycles. The van der Waals surface area contributed by atoms with E-state index >= 15 is 0 Å². The summed E-state index contributed by atoms with van der Waals surface area (Å²) in [6.45, 7) is 1.55. The van der Waals surface area contributed by atoms with Gasteiger partial charge in [0.05, 0.1) is 0 Å². The van der Waals surface area contributed by atoms with Crippen LogP contribution in [0.25, 0.3) is 0 Å². The predicted molar refractivity (Wildman–Crippen MR) is 109 cm³/mol. The van der Waals surface area contributed by atoms with Crippen LogP contribution in [0.3, 0.4) is 0 Å². The second kappa shape index (κ2) is 8.31. The highest BCUT2D eigenvalue weighted by atomic mass is 32.2. The fourth-order valence-electron chi connectivity index (χ4n) is 3.66. The standard InChI is InChI=1S/C21H20F2N2O2S2/c22-18-5-6-19(23)21(11-18)29(26,27)24-12-20(17-8-10-28-14-17)25-9-7-15-3-1-2-4-16(15)13-25/h1-6,8,10-11,14,20,24H,7,9,12-13H2. The van der Waals surface area contributed by atoms with Crippen molar-refractivity contribution in [2.24, 2.45) is 0 Å². The number of nitrogens with one attached hydrogen (secondary N) is 1. The molecule has 1 aromatic heterocycles. The van der Waals surface area contributed by atoms with Crippen molar-refractivity contribution in [1.82, 2.24) is 9.62 Å². The van der Waals surface area contributed by atoms with Gasteiger partial charge >= 0.3 is 0 Å². The van der Waals surface area contributed by atoms with Crippen LogP contribution in [0, 0.1) is 11.6 Å². The second-order valence-corrected chi connectivity index (χ2v) is 9.50. The van der Waals surface area contributed by atoms with E-state index in [1.807, 2.05) is 29.0 Å². The normalized spacial score (nSPS) is 15.8. The predicted octanol–water partition coefficient (Wildman–Crippen LogP) is 4.10. The first-order valence-electron chi connectivity index (χ1n) is 9.22. The van der Waals surface area contributed by atoms with Crippen molar-refractivity contribution in [2.75, 3.05) is 13.1 Å². The van der Waals surface area contributed by atoms with Crippen molar-refractivity contribution in [2.45, 2.75) is 23.9 Å². The zero-order valence-electron chi connectivity index (χ0n) is 15.5. The van der Waals surface area contributed by atoms with Crippen LogP contribution in [-0.4, -0.2) is 26.4 Å². The fourth-order valence-corrected chi connectivity index (χ4v) is 5.49. The highest BCUT2D eigenvalue weighted by Gasteiger charge is 2.28. The third kappa shape index (κ3) is 4.40. The van der Waals surface area contributed by atoms with Crippen LogP contribution in [0.1, 0.15) is 22.7 Å². The largest absolute Gasteiger partial charge is 0.290 e. The number of hydrogen-bond acceptors (Lipinski definition) is 4. The van der Waals surface area contributed by atoms with Crippen molar-refractivity contribution in [3.8, 4) is 0 Å². The summed E-state index contributed by atoms with van der Waals surface area (Å²) in [7, 11) is -4.19. The molecule has 2 heterocycles. The van der Waals surface area contributed by atoms with Crippen molar-refractivity contribution in [3.63, 3.8) is 0 Å². The summed E-state index contributed by atoms with van der Waals surface area (Å²) in [5, 5.41) is 3.93. The summed E-state index contributed by atoms with van der Waals surface area (Å²) >= 11 is 1.54. The number of benzene rings is 2. The van der Waals surface area contributed by atoms with Crippen LogP contribution in [0.4, 0.5) is 8.78 Å². The van der Waals surface area contributed by atoms with Gasteiger partial charge in [-0.25, -0.2) is 21.9 Å². The summed E-state index contributed by atoms with van der Waals surface area (Å²) in [6.07, 6.45) is 0.877. The maximum absolute atomic E-state index is 14.0. The van der Waals surface area contributed by atoms with Crippen LogP contribution in [0.15, 0.2) is 64.2 Å². The van der Waals surface area contributed by atoms with Gasteiger partial charge in [-0.05, 0) is 58.1 Å². The summed E-state index contributed by atoms with van der Waals surface area (Å²) in [5.74, 6) is -1.77. The smallest absolute Gasteiger partial charge is 0.243 e. The first-order valence-corrected chi connectivity index (χ1v) is 11.6. The first-order chi connectivity index (χ1) is 13.9. The highest BCUT2D eigenvalue weighted by Crippen LogP contribution is 2.29. The maximum atomic E-state index is 14.0. The lowest BCUT2D eigenvalue weighted by Crippen LogP contribution is -2.40. The molecule has 3 aromatic rings. The van der Waals surface area contributed by atoms with Crippen LogP contribution < -0.4 is 4.72 Å².